The smallest absolute Gasteiger partial charge is 0.172 e. The van der Waals surface area contributed by atoms with Gasteiger partial charge in [-0.2, -0.15) is 0 Å². The Bertz CT molecular complexity index is 483. The first-order valence-corrected chi connectivity index (χ1v) is 6.19. The van der Waals surface area contributed by atoms with Crippen molar-refractivity contribution in [3.8, 4) is 0 Å². The third-order valence-electron chi connectivity index (χ3n) is 3.10. The van der Waals surface area contributed by atoms with Crippen molar-refractivity contribution in [2.24, 2.45) is 10.9 Å². The highest BCUT2D eigenvalue weighted by molar-refractivity contribution is 6.02. The number of amidine groups is 1. The van der Waals surface area contributed by atoms with Gasteiger partial charge in [-0.25, -0.2) is 4.39 Å². The molecule has 0 aromatic heterocycles. The quantitative estimate of drug-likeness (QED) is 0.369. The van der Waals surface area contributed by atoms with Crippen molar-refractivity contribution in [1.29, 1.82) is 0 Å². The Labute approximate surface area is 111 Å². The van der Waals surface area contributed by atoms with Crippen LogP contribution in [0.25, 0.3) is 0 Å². The minimum atomic E-state index is -0.417. The summed E-state index contributed by atoms with van der Waals surface area (Å²) >= 11 is 0. The van der Waals surface area contributed by atoms with Crippen LogP contribution in [0.15, 0.2) is 23.4 Å². The van der Waals surface area contributed by atoms with E-state index in [0.29, 0.717) is 18.7 Å². The van der Waals surface area contributed by atoms with Crippen LogP contribution in [0, 0.1) is 5.82 Å². The van der Waals surface area contributed by atoms with Crippen LogP contribution in [-0.4, -0.2) is 36.3 Å². The van der Waals surface area contributed by atoms with Crippen molar-refractivity contribution in [3.05, 3.63) is 29.6 Å². The number of rotatable bonds is 2. The van der Waals surface area contributed by atoms with E-state index in [-0.39, 0.29) is 18.0 Å². The van der Waals surface area contributed by atoms with Gasteiger partial charge < -0.3 is 20.6 Å². The van der Waals surface area contributed by atoms with Crippen LogP contribution in [0.4, 0.5) is 10.1 Å². The standard InChI is InChI=1S/C13H18FN3O2/c1-8-6-17(7-9(2)19-8)12-4-3-10(14)5-11(12)13(15)16-18/h3-5,8-9,18H,6-7H2,1-2H3,(H2,15,16)/t8-,9+. The molecule has 1 aliphatic heterocycles. The Kier molecular flexibility index (Phi) is 3.90. The van der Waals surface area contributed by atoms with Crippen LogP contribution in [0.3, 0.4) is 0 Å². The van der Waals surface area contributed by atoms with Crippen molar-refractivity contribution >= 4 is 11.5 Å². The van der Waals surface area contributed by atoms with Crippen LogP contribution in [0.2, 0.25) is 0 Å². The fourth-order valence-corrected chi connectivity index (χ4v) is 2.42. The Hall–Kier alpha value is -1.82. The number of ether oxygens (including phenoxy) is 1. The normalized spacial score (nSPS) is 24.6. The van der Waals surface area contributed by atoms with Gasteiger partial charge in [0.1, 0.15) is 5.82 Å². The number of benzene rings is 1. The zero-order valence-electron chi connectivity index (χ0n) is 11.0. The third kappa shape index (κ3) is 2.96. The van der Waals surface area contributed by atoms with Gasteiger partial charge in [-0.15, -0.1) is 0 Å². The molecule has 2 rings (SSSR count). The second-order valence-electron chi connectivity index (χ2n) is 4.81. The zero-order valence-corrected chi connectivity index (χ0v) is 11.0. The molecule has 1 heterocycles. The number of halogens is 1. The van der Waals surface area contributed by atoms with Crippen LogP contribution >= 0.6 is 0 Å². The van der Waals surface area contributed by atoms with Gasteiger partial charge in [0.25, 0.3) is 0 Å². The van der Waals surface area contributed by atoms with E-state index >= 15 is 0 Å². The lowest BCUT2D eigenvalue weighted by atomic mass is 10.1. The van der Waals surface area contributed by atoms with E-state index < -0.39 is 5.82 Å². The maximum atomic E-state index is 13.3. The summed E-state index contributed by atoms with van der Waals surface area (Å²) in [5.41, 5.74) is 6.76. The maximum Gasteiger partial charge on any atom is 0.172 e. The van der Waals surface area contributed by atoms with Crippen LogP contribution in [0.1, 0.15) is 19.4 Å². The van der Waals surface area contributed by atoms with Gasteiger partial charge in [0, 0.05) is 24.3 Å². The number of morpholine rings is 1. The third-order valence-corrected chi connectivity index (χ3v) is 3.10. The van der Waals surface area contributed by atoms with Crippen molar-refractivity contribution in [1.82, 2.24) is 0 Å². The Morgan fingerprint density at radius 2 is 2.05 bits per heavy atom. The SMILES string of the molecule is C[C@@H]1CN(c2ccc(F)cc2/C(N)=N/O)C[C@H](C)O1. The van der Waals surface area contributed by atoms with Crippen molar-refractivity contribution in [3.63, 3.8) is 0 Å². The summed E-state index contributed by atoms with van der Waals surface area (Å²) in [7, 11) is 0. The monoisotopic (exact) mass is 267 g/mol. The summed E-state index contributed by atoms with van der Waals surface area (Å²) in [4.78, 5) is 2.06. The summed E-state index contributed by atoms with van der Waals surface area (Å²) in [5, 5.41) is 11.8. The number of oxime groups is 1. The molecule has 0 saturated carbocycles. The second-order valence-corrected chi connectivity index (χ2v) is 4.81. The molecule has 1 aromatic rings. The Balaban J connectivity index is 2.38. The minimum Gasteiger partial charge on any atom is -0.409 e. The lowest BCUT2D eigenvalue weighted by Crippen LogP contribution is -2.46. The van der Waals surface area contributed by atoms with E-state index in [9.17, 15) is 4.39 Å². The first-order valence-electron chi connectivity index (χ1n) is 6.19. The molecule has 1 fully saturated rings. The highest BCUT2D eigenvalue weighted by Gasteiger charge is 2.24. The van der Waals surface area contributed by atoms with E-state index in [1.54, 1.807) is 6.07 Å². The van der Waals surface area contributed by atoms with E-state index in [0.717, 1.165) is 5.69 Å². The van der Waals surface area contributed by atoms with Gasteiger partial charge in [0.05, 0.1) is 12.2 Å². The average molecular weight is 267 g/mol. The van der Waals surface area contributed by atoms with Crippen molar-refractivity contribution in [2.75, 3.05) is 18.0 Å². The molecule has 0 spiro atoms. The summed E-state index contributed by atoms with van der Waals surface area (Å²) in [6.45, 7) is 5.33. The highest BCUT2D eigenvalue weighted by Crippen LogP contribution is 2.25. The zero-order chi connectivity index (χ0) is 14.0. The summed E-state index contributed by atoms with van der Waals surface area (Å²) in [6, 6.07) is 4.29. The Morgan fingerprint density at radius 3 is 2.63 bits per heavy atom. The molecule has 0 aliphatic carbocycles. The maximum absolute atomic E-state index is 13.3. The molecule has 1 aromatic carbocycles. The molecule has 1 aliphatic rings. The number of hydrogen-bond donors (Lipinski definition) is 2. The van der Waals surface area contributed by atoms with E-state index in [2.05, 4.69) is 10.1 Å². The molecule has 6 heteroatoms. The van der Waals surface area contributed by atoms with E-state index in [1.165, 1.54) is 12.1 Å². The van der Waals surface area contributed by atoms with Gasteiger partial charge in [0.15, 0.2) is 5.84 Å². The number of nitrogens with two attached hydrogens (primary N) is 1. The lowest BCUT2D eigenvalue weighted by Gasteiger charge is -2.37. The van der Waals surface area contributed by atoms with Gasteiger partial charge in [0.2, 0.25) is 0 Å². The Morgan fingerprint density at radius 1 is 1.42 bits per heavy atom. The number of anilines is 1. The van der Waals surface area contributed by atoms with E-state index in [1.807, 2.05) is 13.8 Å². The molecular formula is C13H18FN3O2. The predicted molar refractivity (Wildman–Crippen MR) is 71.1 cm³/mol. The highest BCUT2D eigenvalue weighted by atomic mass is 19.1. The molecule has 0 bridgehead atoms. The van der Waals surface area contributed by atoms with Crippen molar-refractivity contribution < 1.29 is 14.3 Å². The molecule has 5 nitrogen and oxygen atoms in total. The number of nitrogens with zero attached hydrogens (tertiary/aromatic N) is 2. The van der Waals surface area contributed by atoms with Gasteiger partial charge >= 0.3 is 0 Å². The minimum absolute atomic E-state index is 0.0777. The van der Waals surface area contributed by atoms with Gasteiger partial charge in [-0.1, -0.05) is 5.16 Å². The largest absolute Gasteiger partial charge is 0.409 e. The molecule has 0 amide bonds. The van der Waals surface area contributed by atoms with Gasteiger partial charge in [-0.3, -0.25) is 0 Å². The van der Waals surface area contributed by atoms with Crippen LogP contribution < -0.4 is 10.6 Å². The first kappa shape index (κ1) is 13.6. The van der Waals surface area contributed by atoms with Gasteiger partial charge in [-0.05, 0) is 32.0 Å². The molecule has 19 heavy (non-hydrogen) atoms. The molecule has 2 atom stereocenters. The lowest BCUT2D eigenvalue weighted by molar-refractivity contribution is -0.00522. The fourth-order valence-electron chi connectivity index (χ4n) is 2.42. The molecular weight excluding hydrogens is 249 g/mol. The number of hydrogen-bond acceptors (Lipinski definition) is 4. The molecule has 3 N–H and O–H groups in total. The second kappa shape index (κ2) is 5.44. The predicted octanol–water partition coefficient (Wildman–Crippen LogP) is 1.53. The molecule has 0 unspecified atom stereocenters. The average Bonchev–Trinajstić information content (AvgIpc) is 2.36. The van der Waals surface area contributed by atoms with E-state index in [4.69, 9.17) is 15.7 Å². The van der Waals surface area contributed by atoms with Crippen LogP contribution in [0.5, 0.6) is 0 Å². The van der Waals surface area contributed by atoms with Crippen molar-refractivity contribution in [2.45, 2.75) is 26.1 Å². The first-order chi connectivity index (χ1) is 9.01. The van der Waals surface area contributed by atoms with Crippen LogP contribution in [-0.2, 0) is 4.74 Å². The topological polar surface area (TPSA) is 71.1 Å². The fraction of sp³-hybridized carbons (Fsp3) is 0.462. The summed E-state index contributed by atoms with van der Waals surface area (Å²) in [6.07, 6.45) is 0.155. The molecule has 0 radical (unpaired) electrons. The summed E-state index contributed by atoms with van der Waals surface area (Å²) in [5.74, 6) is -0.513. The molecule has 1 saturated heterocycles. The molecule has 104 valence electrons. The summed E-state index contributed by atoms with van der Waals surface area (Å²) < 4.78 is 19.0.